The van der Waals surface area contributed by atoms with Crippen molar-refractivity contribution < 1.29 is 13.2 Å². The second-order valence-corrected chi connectivity index (χ2v) is 10.1. The van der Waals surface area contributed by atoms with E-state index in [2.05, 4.69) is 9.98 Å². The van der Waals surface area contributed by atoms with Crippen LogP contribution in [0, 0.1) is 0 Å². The predicted octanol–water partition coefficient (Wildman–Crippen LogP) is 0.988. The number of benzene rings is 2. The fraction of sp³-hybridized carbons (Fsp3) is 0.409. The Morgan fingerprint density at radius 2 is 1.65 bits per heavy atom. The molecule has 3 aliphatic rings. The standard InChI is InChI=1S/C22H25N5O3S/c28-22-25(15-17-4-2-1-3-5-17)12-13-27(22)18-8-10-26(11-9-18)31(29,30)19-6-7-20-21(14-19)24-16-23-20/h1-7,14,18H,8-13,15-16H2. The number of piperidine rings is 1. The molecule has 0 radical (unpaired) electrons. The van der Waals surface area contributed by atoms with E-state index in [1.807, 2.05) is 40.1 Å². The van der Waals surface area contributed by atoms with Crippen LogP contribution in [-0.4, -0.2) is 67.4 Å². The molecule has 2 aromatic rings. The van der Waals surface area contributed by atoms with Gasteiger partial charge in [-0.2, -0.15) is 4.31 Å². The molecule has 3 aliphatic heterocycles. The van der Waals surface area contributed by atoms with E-state index in [9.17, 15) is 13.2 Å². The first-order chi connectivity index (χ1) is 15.0. The van der Waals surface area contributed by atoms with Gasteiger partial charge in [0.1, 0.15) is 6.67 Å². The van der Waals surface area contributed by atoms with Crippen molar-refractivity contribution in [3.05, 3.63) is 64.8 Å². The van der Waals surface area contributed by atoms with Crippen molar-refractivity contribution in [3.63, 3.8) is 0 Å². The molecular formula is C22H25N5O3S. The lowest BCUT2D eigenvalue weighted by Gasteiger charge is -2.35. The second kappa shape index (κ2) is 8.05. The third-order valence-corrected chi connectivity index (χ3v) is 8.17. The molecule has 9 heteroatoms. The van der Waals surface area contributed by atoms with Crippen molar-refractivity contribution in [2.75, 3.05) is 32.8 Å². The summed E-state index contributed by atoms with van der Waals surface area (Å²) in [5, 5.41) is 1.38. The first kappa shape index (κ1) is 20.1. The Kier molecular flexibility index (Phi) is 5.23. The van der Waals surface area contributed by atoms with Crippen LogP contribution in [0.4, 0.5) is 4.79 Å². The van der Waals surface area contributed by atoms with Crippen molar-refractivity contribution in [1.82, 2.24) is 14.1 Å². The molecule has 0 aromatic heterocycles. The summed E-state index contributed by atoms with van der Waals surface area (Å²) in [5.74, 6) is 0. The van der Waals surface area contributed by atoms with Gasteiger partial charge in [-0.05, 0) is 36.6 Å². The lowest BCUT2D eigenvalue weighted by Crippen LogP contribution is -2.48. The average Bonchev–Trinajstić information content (AvgIpc) is 3.41. The van der Waals surface area contributed by atoms with E-state index in [0.29, 0.717) is 57.6 Å². The molecule has 2 aromatic carbocycles. The minimum absolute atomic E-state index is 0.0501. The van der Waals surface area contributed by atoms with Crippen LogP contribution >= 0.6 is 0 Å². The quantitative estimate of drug-likeness (QED) is 0.696. The Morgan fingerprint density at radius 3 is 2.42 bits per heavy atom. The molecule has 2 amide bonds. The highest BCUT2D eigenvalue weighted by molar-refractivity contribution is 7.89. The molecule has 162 valence electrons. The van der Waals surface area contributed by atoms with E-state index < -0.39 is 10.0 Å². The Morgan fingerprint density at radius 1 is 0.903 bits per heavy atom. The third kappa shape index (κ3) is 3.83. The molecule has 0 spiro atoms. The summed E-state index contributed by atoms with van der Waals surface area (Å²) in [6.45, 7) is 3.19. The molecule has 5 rings (SSSR count). The van der Waals surface area contributed by atoms with Crippen LogP contribution in [0.3, 0.4) is 0 Å². The first-order valence-corrected chi connectivity index (χ1v) is 12.0. The van der Waals surface area contributed by atoms with Gasteiger partial charge in [0.25, 0.3) is 0 Å². The number of fused-ring (bicyclic) bond motifs is 1. The van der Waals surface area contributed by atoms with E-state index in [0.717, 1.165) is 10.9 Å². The number of carbonyl (C=O) groups excluding carboxylic acids is 1. The molecule has 31 heavy (non-hydrogen) atoms. The largest absolute Gasteiger partial charge is 0.320 e. The van der Waals surface area contributed by atoms with Crippen LogP contribution in [0.1, 0.15) is 18.4 Å². The lowest BCUT2D eigenvalue weighted by molar-refractivity contribution is 0.153. The van der Waals surface area contributed by atoms with Crippen LogP contribution in [0.15, 0.2) is 63.4 Å². The molecule has 3 heterocycles. The van der Waals surface area contributed by atoms with Gasteiger partial charge in [0.2, 0.25) is 10.0 Å². The predicted molar refractivity (Wildman–Crippen MR) is 114 cm³/mol. The van der Waals surface area contributed by atoms with Crippen LogP contribution < -0.4 is 10.7 Å². The minimum Gasteiger partial charge on any atom is -0.320 e. The minimum atomic E-state index is -3.58. The van der Waals surface area contributed by atoms with Crippen molar-refractivity contribution in [1.29, 1.82) is 0 Å². The smallest absolute Gasteiger partial charge is 0.320 e. The van der Waals surface area contributed by atoms with Gasteiger partial charge in [0.05, 0.1) is 15.6 Å². The normalized spacial score (nSPS) is 19.9. The van der Waals surface area contributed by atoms with Gasteiger partial charge in [-0.3, -0.25) is 9.98 Å². The maximum absolute atomic E-state index is 13.1. The van der Waals surface area contributed by atoms with Gasteiger partial charge in [0.15, 0.2) is 0 Å². The zero-order valence-electron chi connectivity index (χ0n) is 17.2. The molecule has 0 unspecified atom stereocenters. The number of carbonyl (C=O) groups is 1. The van der Waals surface area contributed by atoms with Gasteiger partial charge >= 0.3 is 6.03 Å². The molecule has 0 bridgehead atoms. The maximum atomic E-state index is 13.1. The third-order valence-electron chi connectivity index (χ3n) is 6.27. The molecular weight excluding hydrogens is 414 g/mol. The Labute approximate surface area is 181 Å². The Balaban J connectivity index is 1.22. The highest BCUT2D eigenvalue weighted by Gasteiger charge is 2.37. The monoisotopic (exact) mass is 439 g/mol. The first-order valence-electron chi connectivity index (χ1n) is 10.6. The van der Waals surface area contributed by atoms with E-state index in [-0.39, 0.29) is 17.0 Å². The summed E-state index contributed by atoms with van der Waals surface area (Å²) in [6, 6.07) is 15.0. The number of amides is 2. The molecule has 8 nitrogen and oxygen atoms in total. The summed E-state index contributed by atoms with van der Waals surface area (Å²) in [4.78, 5) is 25.4. The fourth-order valence-electron chi connectivity index (χ4n) is 4.55. The Bertz CT molecular complexity index is 1210. The van der Waals surface area contributed by atoms with Crippen LogP contribution in [0.2, 0.25) is 0 Å². The van der Waals surface area contributed by atoms with Crippen molar-refractivity contribution in [3.8, 4) is 0 Å². The number of sulfonamides is 1. The molecule has 0 saturated carbocycles. The summed E-state index contributed by atoms with van der Waals surface area (Å²) < 4.78 is 27.7. The van der Waals surface area contributed by atoms with Gasteiger partial charge in [0, 0.05) is 38.8 Å². The number of hydrogen-bond donors (Lipinski definition) is 0. The second-order valence-electron chi connectivity index (χ2n) is 8.13. The van der Waals surface area contributed by atoms with Gasteiger partial charge in [-0.1, -0.05) is 30.3 Å². The van der Waals surface area contributed by atoms with Crippen LogP contribution in [0.5, 0.6) is 0 Å². The molecule has 0 atom stereocenters. The Hall–Kier alpha value is -2.78. The zero-order valence-corrected chi connectivity index (χ0v) is 18.0. The molecule has 2 saturated heterocycles. The number of urea groups is 1. The lowest BCUT2D eigenvalue weighted by atomic mass is 10.1. The maximum Gasteiger partial charge on any atom is 0.320 e. The van der Waals surface area contributed by atoms with Crippen LogP contribution in [0.25, 0.3) is 0 Å². The van der Waals surface area contributed by atoms with E-state index >= 15 is 0 Å². The molecule has 2 fully saturated rings. The molecule has 0 N–H and O–H groups in total. The van der Waals surface area contributed by atoms with Gasteiger partial charge < -0.3 is 9.80 Å². The summed E-state index contributed by atoms with van der Waals surface area (Å²) in [7, 11) is -3.58. The topological polar surface area (TPSA) is 85.7 Å². The van der Waals surface area contributed by atoms with Crippen molar-refractivity contribution in [2.24, 2.45) is 9.98 Å². The number of rotatable bonds is 5. The van der Waals surface area contributed by atoms with E-state index in [1.54, 1.807) is 18.2 Å². The van der Waals surface area contributed by atoms with E-state index in [1.165, 1.54) is 4.31 Å². The van der Waals surface area contributed by atoms with Crippen molar-refractivity contribution in [2.45, 2.75) is 30.3 Å². The summed E-state index contributed by atoms with van der Waals surface area (Å²) in [5.41, 5.74) is 1.12. The highest BCUT2D eigenvalue weighted by atomic mass is 32.2. The van der Waals surface area contributed by atoms with Gasteiger partial charge in [-0.25, -0.2) is 13.2 Å². The highest BCUT2D eigenvalue weighted by Crippen LogP contribution is 2.25. The van der Waals surface area contributed by atoms with E-state index in [4.69, 9.17) is 0 Å². The zero-order chi connectivity index (χ0) is 21.4. The molecule has 0 aliphatic carbocycles. The number of hydrogen-bond acceptors (Lipinski definition) is 5. The SMILES string of the molecule is O=C1N(Cc2ccccc2)CCN1C1CCN(S(=O)(=O)c2ccc3c(c2)=NCN=3)CC1. The average molecular weight is 440 g/mol. The van der Waals surface area contributed by atoms with Crippen LogP contribution in [-0.2, 0) is 16.6 Å². The van der Waals surface area contributed by atoms with Crippen molar-refractivity contribution >= 4 is 16.1 Å². The fourth-order valence-corrected chi connectivity index (χ4v) is 6.04. The summed E-state index contributed by atoms with van der Waals surface area (Å²) >= 11 is 0. The van der Waals surface area contributed by atoms with Gasteiger partial charge in [-0.15, -0.1) is 0 Å². The summed E-state index contributed by atoms with van der Waals surface area (Å²) in [6.07, 6.45) is 1.30. The number of nitrogens with zero attached hydrogens (tertiary/aromatic N) is 5.